The van der Waals surface area contributed by atoms with E-state index in [0.717, 1.165) is 18.4 Å². The summed E-state index contributed by atoms with van der Waals surface area (Å²) in [5.41, 5.74) is 8.63. The first-order chi connectivity index (χ1) is 8.70. The summed E-state index contributed by atoms with van der Waals surface area (Å²) in [6, 6.07) is 10.6. The second kappa shape index (κ2) is 5.96. The highest BCUT2D eigenvalue weighted by Crippen LogP contribution is 2.19. The normalized spacial score (nSPS) is 14.6. The molecule has 2 rings (SSSR count). The van der Waals surface area contributed by atoms with Crippen molar-refractivity contribution in [2.45, 2.75) is 39.2 Å². The fraction of sp³-hybridized carbons (Fsp3) is 0.438. The van der Waals surface area contributed by atoms with E-state index in [4.69, 9.17) is 5.73 Å². The maximum absolute atomic E-state index is 6.25. The minimum atomic E-state index is 0.241. The van der Waals surface area contributed by atoms with E-state index in [1.54, 1.807) is 0 Å². The number of hydrogen-bond acceptors (Lipinski definition) is 2. The number of hydrogen-bond donors (Lipinski definition) is 1. The van der Waals surface area contributed by atoms with Crippen molar-refractivity contribution in [1.82, 2.24) is 4.98 Å². The molecule has 1 aromatic heterocycles. The lowest BCUT2D eigenvalue weighted by Gasteiger charge is -2.16. The van der Waals surface area contributed by atoms with Crippen molar-refractivity contribution in [3.63, 3.8) is 0 Å². The third-order valence-corrected chi connectivity index (χ3v) is 3.62. The van der Waals surface area contributed by atoms with Crippen LogP contribution < -0.4 is 5.73 Å². The SMILES string of the molecule is CCC(C)CC(N)Cc1ccnc2ccccc12. The molecule has 96 valence electrons. The van der Waals surface area contributed by atoms with Gasteiger partial charge in [0.25, 0.3) is 0 Å². The van der Waals surface area contributed by atoms with Crippen molar-refractivity contribution in [2.24, 2.45) is 11.7 Å². The van der Waals surface area contributed by atoms with Gasteiger partial charge in [-0.2, -0.15) is 0 Å². The summed E-state index contributed by atoms with van der Waals surface area (Å²) in [7, 11) is 0. The van der Waals surface area contributed by atoms with Crippen LogP contribution in [0.25, 0.3) is 10.9 Å². The van der Waals surface area contributed by atoms with E-state index in [-0.39, 0.29) is 6.04 Å². The molecule has 1 aromatic carbocycles. The summed E-state index contributed by atoms with van der Waals surface area (Å²) >= 11 is 0. The zero-order valence-corrected chi connectivity index (χ0v) is 11.3. The van der Waals surface area contributed by atoms with E-state index in [2.05, 4.69) is 43.1 Å². The van der Waals surface area contributed by atoms with Gasteiger partial charge in [-0.3, -0.25) is 4.98 Å². The quantitative estimate of drug-likeness (QED) is 0.871. The average Bonchev–Trinajstić information content (AvgIpc) is 2.39. The molecule has 0 saturated heterocycles. The molecule has 2 heteroatoms. The molecule has 0 fully saturated rings. The number of benzene rings is 1. The molecule has 0 radical (unpaired) electrons. The van der Waals surface area contributed by atoms with E-state index in [1.807, 2.05) is 12.3 Å². The molecule has 2 nitrogen and oxygen atoms in total. The Morgan fingerprint density at radius 3 is 2.78 bits per heavy atom. The fourth-order valence-electron chi connectivity index (χ4n) is 2.38. The van der Waals surface area contributed by atoms with Crippen molar-refractivity contribution in [3.8, 4) is 0 Å². The van der Waals surface area contributed by atoms with Gasteiger partial charge in [-0.1, -0.05) is 38.5 Å². The third-order valence-electron chi connectivity index (χ3n) is 3.62. The van der Waals surface area contributed by atoms with Crippen LogP contribution in [0, 0.1) is 5.92 Å². The van der Waals surface area contributed by atoms with Crippen molar-refractivity contribution in [3.05, 3.63) is 42.1 Å². The molecule has 2 aromatic rings. The van der Waals surface area contributed by atoms with E-state index in [9.17, 15) is 0 Å². The number of aromatic nitrogens is 1. The predicted octanol–water partition coefficient (Wildman–Crippen LogP) is 3.54. The summed E-state index contributed by atoms with van der Waals surface area (Å²) in [4.78, 5) is 4.39. The highest BCUT2D eigenvalue weighted by atomic mass is 14.7. The Bertz CT molecular complexity index is 502. The van der Waals surface area contributed by atoms with Crippen LogP contribution in [0.5, 0.6) is 0 Å². The smallest absolute Gasteiger partial charge is 0.0704 e. The maximum Gasteiger partial charge on any atom is 0.0704 e. The van der Waals surface area contributed by atoms with Crippen LogP contribution in [-0.2, 0) is 6.42 Å². The number of pyridine rings is 1. The Morgan fingerprint density at radius 1 is 1.22 bits per heavy atom. The van der Waals surface area contributed by atoms with Gasteiger partial charge >= 0.3 is 0 Å². The molecule has 2 N–H and O–H groups in total. The lowest BCUT2D eigenvalue weighted by molar-refractivity contribution is 0.451. The van der Waals surface area contributed by atoms with Gasteiger partial charge in [0.05, 0.1) is 5.52 Å². The van der Waals surface area contributed by atoms with Crippen LogP contribution >= 0.6 is 0 Å². The second-order valence-electron chi connectivity index (χ2n) is 5.20. The van der Waals surface area contributed by atoms with Gasteiger partial charge in [0.1, 0.15) is 0 Å². The Labute approximate surface area is 109 Å². The van der Waals surface area contributed by atoms with E-state index in [0.29, 0.717) is 5.92 Å². The zero-order valence-electron chi connectivity index (χ0n) is 11.3. The van der Waals surface area contributed by atoms with Gasteiger partial charge < -0.3 is 5.73 Å². The standard InChI is InChI=1S/C16H22N2/c1-3-12(2)10-14(17)11-13-8-9-18-16-7-5-4-6-15(13)16/h4-9,12,14H,3,10-11,17H2,1-2H3. The van der Waals surface area contributed by atoms with Crippen LogP contribution in [0.1, 0.15) is 32.3 Å². The Morgan fingerprint density at radius 2 is 2.00 bits per heavy atom. The zero-order chi connectivity index (χ0) is 13.0. The molecule has 0 spiro atoms. The molecule has 0 aliphatic heterocycles. The minimum Gasteiger partial charge on any atom is -0.327 e. The van der Waals surface area contributed by atoms with E-state index in [1.165, 1.54) is 17.4 Å². The number of nitrogens with zero attached hydrogens (tertiary/aromatic N) is 1. The molecule has 0 bridgehead atoms. The predicted molar refractivity (Wildman–Crippen MR) is 77.5 cm³/mol. The lowest BCUT2D eigenvalue weighted by atomic mass is 9.94. The summed E-state index contributed by atoms with van der Waals surface area (Å²) < 4.78 is 0. The second-order valence-corrected chi connectivity index (χ2v) is 5.20. The summed E-state index contributed by atoms with van der Waals surface area (Å²) in [6.45, 7) is 4.49. The molecule has 1 heterocycles. The largest absolute Gasteiger partial charge is 0.327 e. The monoisotopic (exact) mass is 242 g/mol. The van der Waals surface area contributed by atoms with Crippen LogP contribution in [0.15, 0.2) is 36.5 Å². The number of fused-ring (bicyclic) bond motifs is 1. The molecule has 0 amide bonds. The van der Waals surface area contributed by atoms with Gasteiger partial charge in [0.15, 0.2) is 0 Å². The molecule has 2 unspecified atom stereocenters. The van der Waals surface area contributed by atoms with Crippen LogP contribution in [-0.4, -0.2) is 11.0 Å². The highest BCUT2D eigenvalue weighted by molar-refractivity contribution is 5.81. The number of rotatable bonds is 5. The molecule has 0 saturated carbocycles. The summed E-state index contributed by atoms with van der Waals surface area (Å²) in [5.74, 6) is 0.702. The molecule has 0 aliphatic carbocycles. The Balaban J connectivity index is 2.16. The Hall–Kier alpha value is -1.41. The topological polar surface area (TPSA) is 38.9 Å². The highest BCUT2D eigenvalue weighted by Gasteiger charge is 2.10. The number of para-hydroxylation sites is 1. The van der Waals surface area contributed by atoms with Crippen LogP contribution in [0.2, 0.25) is 0 Å². The van der Waals surface area contributed by atoms with E-state index < -0.39 is 0 Å². The fourth-order valence-corrected chi connectivity index (χ4v) is 2.38. The molecule has 0 aliphatic rings. The Kier molecular flexibility index (Phi) is 4.32. The van der Waals surface area contributed by atoms with Gasteiger partial charge in [-0.15, -0.1) is 0 Å². The average molecular weight is 242 g/mol. The lowest BCUT2D eigenvalue weighted by Crippen LogP contribution is -2.25. The summed E-state index contributed by atoms with van der Waals surface area (Å²) in [6.07, 6.45) is 5.11. The third kappa shape index (κ3) is 3.08. The van der Waals surface area contributed by atoms with Crippen LogP contribution in [0.4, 0.5) is 0 Å². The first kappa shape index (κ1) is 13.0. The molecular weight excluding hydrogens is 220 g/mol. The first-order valence-corrected chi connectivity index (χ1v) is 6.79. The van der Waals surface area contributed by atoms with Gasteiger partial charge in [-0.05, 0) is 36.5 Å². The summed E-state index contributed by atoms with van der Waals surface area (Å²) in [5, 5.41) is 1.24. The van der Waals surface area contributed by atoms with Crippen molar-refractivity contribution >= 4 is 10.9 Å². The van der Waals surface area contributed by atoms with Crippen LogP contribution in [0.3, 0.4) is 0 Å². The van der Waals surface area contributed by atoms with Crippen molar-refractivity contribution < 1.29 is 0 Å². The number of nitrogens with two attached hydrogens (primary N) is 1. The van der Waals surface area contributed by atoms with Gasteiger partial charge in [0.2, 0.25) is 0 Å². The molecule has 18 heavy (non-hydrogen) atoms. The van der Waals surface area contributed by atoms with Gasteiger partial charge in [-0.25, -0.2) is 0 Å². The van der Waals surface area contributed by atoms with Crippen molar-refractivity contribution in [2.75, 3.05) is 0 Å². The van der Waals surface area contributed by atoms with Crippen molar-refractivity contribution in [1.29, 1.82) is 0 Å². The van der Waals surface area contributed by atoms with Gasteiger partial charge in [0, 0.05) is 17.6 Å². The molecule has 2 atom stereocenters. The minimum absolute atomic E-state index is 0.241. The van der Waals surface area contributed by atoms with E-state index >= 15 is 0 Å². The maximum atomic E-state index is 6.25. The first-order valence-electron chi connectivity index (χ1n) is 6.79. The molecular formula is C16H22N2.